The van der Waals surface area contributed by atoms with Gasteiger partial charge in [-0.2, -0.15) is 0 Å². The zero-order chi connectivity index (χ0) is 13.9. The number of benzene rings is 1. The van der Waals surface area contributed by atoms with Crippen molar-refractivity contribution in [2.24, 2.45) is 5.73 Å². The number of carbonyl (C=O) groups is 1. The maximum atomic E-state index is 12.0. The zero-order valence-electron chi connectivity index (χ0n) is 11.3. The minimum absolute atomic E-state index is 0.0794. The molecule has 0 radical (unpaired) electrons. The monoisotopic (exact) mass is 324 g/mol. The second kappa shape index (κ2) is 6.06. The summed E-state index contributed by atoms with van der Waals surface area (Å²) in [6.45, 7) is 1.93. The smallest absolute Gasteiger partial charge is 0.220 e. The van der Waals surface area contributed by atoms with Gasteiger partial charge >= 0.3 is 0 Å². The fourth-order valence-corrected chi connectivity index (χ4v) is 2.74. The molecule has 1 aromatic rings. The number of hydrogen-bond donors (Lipinski definition) is 2. The van der Waals surface area contributed by atoms with Crippen LogP contribution in [-0.4, -0.2) is 11.9 Å². The third-order valence-corrected chi connectivity index (χ3v) is 4.34. The Morgan fingerprint density at radius 1 is 1.42 bits per heavy atom. The van der Waals surface area contributed by atoms with E-state index in [1.807, 2.05) is 19.1 Å². The minimum Gasteiger partial charge on any atom is -0.347 e. The molecule has 104 valence electrons. The second-order valence-electron chi connectivity index (χ2n) is 5.51. The zero-order valence-corrected chi connectivity index (χ0v) is 12.9. The maximum Gasteiger partial charge on any atom is 0.220 e. The van der Waals surface area contributed by atoms with Crippen molar-refractivity contribution in [3.63, 3.8) is 0 Å². The van der Waals surface area contributed by atoms with E-state index in [0.717, 1.165) is 23.7 Å². The van der Waals surface area contributed by atoms with Crippen LogP contribution < -0.4 is 11.1 Å². The average Bonchev–Trinajstić information content (AvgIpc) is 2.32. The lowest BCUT2D eigenvalue weighted by Crippen LogP contribution is -2.50. The summed E-state index contributed by atoms with van der Waals surface area (Å²) in [6, 6.07) is 8.33. The number of nitrogens with one attached hydrogen (secondary N) is 1. The van der Waals surface area contributed by atoms with E-state index < -0.39 is 0 Å². The molecule has 3 N–H and O–H groups in total. The quantitative estimate of drug-likeness (QED) is 0.874. The van der Waals surface area contributed by atoms with Gasteiger partial charge in [0, 0.05) is 16.9 Å². The highest BCUT2D eigenvalue weighted by molar-refractivity contribution is 9.10. The van der Waals surface area contributed by atoms with Crippen LogP contribution in [0.25, 0.3) is 0 Å². The third-order valence-electron chi connectivity index (χ3n) is 3.81. The van der Waals surface area contributed by atoms with E-state index >= 15 is 0 Å². The summed E-state index contributed by atoms with van der Waals surface area (Å²) < 4.78 is 1.06. The van der Waals surface area contributed by atoms with Crippen LogP contribution in [0.15, 0.2) is 28.7 Å². The van der Waals surface area contributed by atoms with E-state index in [1.165, 1.54) is 12.0 Å². The minimum atomic E-state index is -0.143. The van der Waals surface area contributed by atoms with Crippen molar-refractivity contribution in [2.45, 2.75) is 50.6 Å². The molecule has 0 heterocycles. The molecular formula is C15H21BrN2O. The van der Waals surface area contributed by atoms with Gasteiger partial charge in [-0.25, -0.2) is 0 Å². The van der Waals surface area contributed by atoms with Gasteiger partial charge in [0.15, 0.2) is 0 Å². The van der Waals surface area contributed by atoms with Gasteiger partial charge in [0.1, 0.15) is 0 Å². The molecule has 4 heteroatoms. The number of rotatable bonds is 5. The summed E-state index contributed by atoms with van der Waals surface area (Å²) >= 11 is 3.44. The van der Waals surface area contributed by atoms with Gasteiger partial charge in [0.2, 0.25) is 5.91 Å². The Morgan fingerprint density at radius 3 is 2.53 bits per heavy atom. The molecule has 0 spiro atoms. The molecule has 1 unspecified atom stereocenters. The number of amides is 1. The Kier molecular flexibility index (Phi) is 4.63. The summed E-state index contributed by atoms with van der Waals surface area (Å²) in [5.41, 5.74) is 6.75. The van der Waals surface area contributed by atoms with E-state index in [1.54, 1.807) is 0 Å². The number of nitrogens with two attached hydrogens (primary N) is 1. The summed E-state index contributed by atoms with van der Waals surface area (Å²) in [7, 11) is 0. The SMILES string of the molecule is CC(N)CCC(=O)NC1(c2ccc(Br)cc2)CCC1. The predicted octanol–water partition coefficient (Wildman–Crippen LogP) is 3.07. The van der Waals surface area contributed by atoms with E-state index in [9.17, 15) is 4.79 Å². The Bertz CT molecular complexity index is 438. The normalized spacial score (nSPS) is 18.5. The second-order valence-corrected chi connectivity index (χ2v) is 6.42. The summed E-state index contributed by atoms with van der Waals surface area (Å²) in [5, 5.41) is 3.21. The Hall–Kier alpha value is -0.870. The molecule has 0 aliphatic heterocycles. The molecule has 0 saturated heterocycles. The number of halogens is 1. The molecule has 1 amide bonds. The molecule has 19 heavy (non-hydrogen) atoms. The number of hydrogen-bond acceptors (Lipinski definition) is 2. The van der Waals surface area contributed by atoms with Crippen molar-refractivity contribution in [3.8, 4) is 0 Å². The molecule has 1 fully saturated rings. The van der Waals surface area contributed by atoms with Crippen molar-refractivity contribution in [3.05, 3.63) is 34.3 Å². The first-order valence-electron chi connectivity index (χ1n) is 6.84. The van der Waals surface area contributed by atoms with Gasteiger partial charge in [-0.3, -0.25) is 4.79 Å². The maximum absolute atomic E-state index is 12.0. The van der Waals surface area contributed by atoms with Crippen molar-refractivity contribution in [1.29, 1.82) is 0 Å². The Morgan fingerprint density at radius 2 is 2.05 bits per heavy atom. The fraction of sp³-hybridized carbons (Fsp3) is 0.533. The van der Waals surface area contributed by atoms with Crippen LogP contribution in [0.3, 0.4) is 0 Å². The first-order chi connectivity index (χ1) is 9.02. The molecule has 0 bridgehead atoms. The van der Waals surface area contributed by atoms with E-state index in [2.05, 4.69) is 33.4 Å². The van der Waals surface area contributed by atoms with E-state index in [4.69, 9.17) is 5.73 Å². The molecule has 1 saturated carbocycles. The van der Waals surface area contributed by atoms with Crippen LogP contribution in [-0.2, 0) is 10.3 Å². The van der Waals surface area contributed by atoms with Crippen molar-refractivity contribution in [1.82, 2.24) is 5.32 Å². The molecule has 1 aliphatic rings. The van der Waals surface area contributed by atoms with Gasteiger partial charge in [-0.1, -0.05) is 28.1 Å². The standard InChI is InChI=1S/C15H21BrN2O/c1-11(17)3-8-14(19)18-15(9-2-10-15)12-4-6-13(16)7-5-12/h4-7,11H,2-3,8-10,17H2,1H3,(H,18,19). The highest BCUT2D eigenvalue weighted by atomic mass is 79.9. The van der Waals surface area contributed by atoms with E-state index in [0.29, 0.717) is 6.42 Å². The van der Waals surface area contributed by atoms with Crippen molar-refractivity contribution >= 4 is 21.8 Å². The van der Waals surface area contributed by atoms with Crippen LogP contribution in [0.2, 0.25) is 0 Å². The first kappa shape index (κ1) is 14.5. The van der Waals surface area contributed by atoms with Gasteiger partial charge in [0.05, 0.1) is 5.54 Å². The van der Waals surface area contributed by atoms with Crippen LogP contribution in [0.5, 0.6) is 0 Å². The summed E-state index contributed by atoms with van der Waals surface area (Å²) in [4.78, 5) is 12.0. The number of carbonyl (C=O) groups excluding carboxylic acids is 1. The third kappa shape index (κ3) is 3.57. The molecular weight excluding hydrogens is 304 g/mol. The average molecular weight is 325 g/mol. The summed E-state index contributed by atoms with van der Waals surface area (Å²) in [5.74, 6) is 0.111. The molecule has 1 aliphatic carbocycles. The Labute approximate surface area is 123 Å². The van der Waals surface area contributed by atoms with Gasteiger partial charge < -0.3 is 11.1 Å². The summed E-state index contributed by atoms with van der Waals surface area (Å²) in [6.07, 6.45) is 4.47. The highest BCUT2D eigenvalue weighted by Crippen LogP contribution is 2.41. The van der Waals surface area contributed by atoms with E-state index in [-0.39, 0.29) is 17.5 Å². The molecule has 1 atom stereocenters. The van der Waals surface area contributed by atoms with Crippen LogP contribution >= 0.6 is 15.9 Å². The fourth-order valence-electron chi connectivity index (χ4n) is 2.47. The van der Waals surface area contributed by atoms with Gasteiger partial charge in [-0.15, -0.1) is 0 Å². The molecule has 3 nitrogen and oxygen atoms in total. The molecule has 2 rings (SSSR count). The lowest BCUT2D eigenvalue weighted by molar-refractivity contribution is -0.124. The Balaban J connectivity index is 2.02. The lowest BCUT2D eigenvalue weighted by atomic mass is 9.71. The topological polar surface area (TPSA) is 55.1 Å². The predicted molar refractivity (Wildman–Crippen MR) is 80.7 cm³/mol. The van der Waals surface area contributed by atoms with Crippen LogP contribution in [0, 0.1) is 0 Å². The van der Waals surface area contributed by atoms with Crippen LogP contribution in [0.4, 0.5) is 0 Å². The van der Waals surface area contributed by atoms with Crippen molar-refractivity contribution in [2.75, 3.05) is 0 Å². The van der Waals surface area contributed by atoms with Crippen molar-refractivity contribution < 1.29 is 4.79 Å². The molecule has 1 aromatic carbocycles. The van der Waals surface area contributed by atoms with Gasteiger partial charge in [0.25, 0.3) is 0 Å². The molecule has 0 aromatic heterocycles. The van der Waals surface area contributed by atoms with Gasteiger partial charge in [-0.05, 0) is 50.3 Å². The lowest BCUT2D eigenvalue weighted by Gasteiger charge is -2.43. The largest absolute Gasteiger partial charge is 0.347 e. The highest BCUT2D eigenvalue weighted by Gasteiger charge is 2.39. The first-order valence-corrected chi connectivity index (χ1v) is 7.64. The van der Waals surface area contributed by atoms with Crippen LogP contribution in [0.1, 0.15) is 44.6 Å².